The molecular weight excluding hydrogens is 190 g/mol. The van der Waals surface area contributed by atoms with E-state index in [1.54, 1.807) is 6.20 Å². The molecule has 1 aromatic rings. The fraction of sp³-hybridized carbons (Fsp3) is 0.636. The van der Waals surface area contributed by atoms with E-state index < -0.39 is 0 Å². The largest absolute Gasteiger partial charge is 0.343 e. The number of aromatic nitrogens is 2. The van der Waals surface area contributed by atoms with E-state index in [-0.39, 0.29) is 5.91 Å². The van der Waals surface area contributed by atoms with Gasteiger partial charge in [-0.3, -0.25) is 4.79 Å². The molecule has 0 saturated carbocycles. The summed E-state index contributed by atoms with van der Waals surface area (Å²) < 4.78 is 1.95. The summed E-state index contributed by atoms with van der Waals surface area (Å²) in [5.41, 5.74) is 0. The number of carbonyl (C=O) groups is 1. The van der Waals surface area contributed by atoms with E-state index in [1.807, 2.05) is 30.2 Å². The molecule has 0 spiro atoms. The van der Waals surface area contributed by atoms with E-state index >= 15 is 0 Å². The average molecular weight is 208 g/mol. The van der Waals surface area contributed by atoms with Crippen molar-refractivity contribution >= 4 is 5.91 Å². The minimum Gasteiger partial charge on any atom is -0.343 e. The van der Waals surface area contributed by atoms with Gasteiger partial charge in [0.2, 0.25) is 5.91 Å². The van der Waals surface area contributed by atoms with Crippen molar-refractivity contribution in [1.82, 2.24) is 14.5 Å². The normalized spacial score (nSPS) is 10.3. The second-order valence-electron chi connectivity index (χ2n) is 3.43. The van der Waals surface area contributed by atoms with E-state index in [0.717, 1.165) is 18.9 Å². The molecule has 83 valence electrons. The van der Waals surface area contributed by atoms with E-state index in [0.29, 0.717) is 13.0 Å². The predicted octanol–water partition coefficient (Wildman–Crippen LogP) is 1.25. The van der Waals surface area contributed by atoms with Gasteiger partial charge in [0, 0.05) is 32.3 Å². The topological polar surface area (TPSA) is 38.1 Å². The molecule has 1 aromatic heterocycles. The first-order valence-electron chi connectivity index (χ1n) is 5.36. The number of hydrogen-bond acceptors (Lipinski definition) is 2. The zero-order valence-corrected chi connectivity index (χ0v) is 9.66. The van der Waals surface area contributed by atoms with Crippen LogP contribution in [0.2, 0.25) is 0 Å². The fourth-order valence-corrected chi connectivity index (χ4v) is 1.53. The summed E-state index contributed by atoms with van der Waals surface area (Å²) in [6.07, 6.45) is 5.08. The third-order valence-electron chi connectivity index (χ3n) is 2.54. The maximum atomic E-state index is 11.7. The molecule has 1 rings (SSSR count). The van der Waals surface area contributed by atoms with Crippen LogP contribution in [0.15, 0.2) is 6.20 Å². The van der Waals surface area contributed by atoms with E-state index in [9.17, 15) is 4.79 Å². The second kappa shape index (κ2) is 5.53. The van der Waals surface area contributed by atoms with Gasteiger partial charge < -0.3 is 9.47 Å². The Kier molecular flexibility index (Phi) is 4.34. The molecule has 4 nitrogen and oxygen atoms in total. The SMILES string of the molecule is CCN(CC)C(=O)CCn1c[c]nc1C. The van der Waals surface area contributed by atoms with Crippen LogP contribution < -0.4 is 0 Å². The quantitative estimate of drug-likeness (QED) is 0.730. The Morgan fingerprint density at radius 2 is 2.20 bits per heavy atom. The summed E-state index contributed by atoms with van der Waals surface area (Å²) in [6.45, 7) is 8.17. The van der Waals surface area contributed by atoms with E-state index in [4.69, 9.17) is 0 Å². The van der Waals surface area contributed by atoms with Crippen LogP contribution in [0.5, 0.6) is 0 Å². The van der Waals surface area contributed by atoms with Crippen LogP contribution in [0.3, 0.4) is 0 Å². The van der Waals surface area contributed by atoms with Gasteiger partial charge >= 0.3 is 0 Å². The molecule has 0 aliphatic rings. The van der Waals surface area contributed by atoms with Crippen molar-refractivity contribution < 1.29 is 4.79 Å². The Morgan fingerprint density at radius 3 is 2.67 bits per heavy atom. The Labute approximate surface area is 90.9 Å². The third kappa shape index (κ3) is 3.08. The maximum Gasteiger partial charge on any atom is 0.224 e. The van der Waals surface area contributed by atoms with Gasteiger partial charge in [0.25, 0.3) is 0 Å². The number of imidazole rings is 1. The molecule has 0 bridgehead atoms. The van der Waals surface area contributed by atoms with Gasteiger partial charge in [-0.05, 0) is 20.8 Å². The first-order chi connectivity index (χ1) is 7.19. The Hall–Kier alpha value is -1.32. The average Bonchev–Trinajstić information content (AvgIpc) is 2.63. The number of rotatable bonds is 5. The lowest BCUT2D eigenvalue weighted by molar-refractivity contribution is -0.131. The maximum absolute atomic E-state index is 11.7. The van der Waals surface area contributed by atoms with E-state index in [1.165, 1.54) is 0 Å². The molecule has 0 atom stereocenters. The summed E-state index contributed by atoms with van der Waals surface area (Å²) in [6, 6.07) is 0. The van der Waals surface area contributed by atoms with Crippen molar-refractivity contribution in [3.05, 3.63) is 18.2 Å². The number of hydrogen-bond donors (Lipinski definition) is 0. The standard InChI is InChI=1S/C11H18N3O/c1-4-13(5-2)11(15)6-8-14-9-7-12-10(14)3/h9H,4-6,8H2,1-3H3. The molecule has 1 radical (unpaired) electrons. The molecule has 0 unspecified atom stereocenters. The van der Waals surface area contributed by atoms with Crippen LogP contribution in [0.25, 0.3) is 0 Å². The molecule has 0 aromatic carbocycles. The number of aryl methyl sites for hydroxylation is 2. The Morgan fingerprint density at radius 1 is 1.53 bits per heavy atom. The van der Waals surface area contributed by atoms with Gasteiger partial charge in [0.15, 0.2) is 0 Å². The molecular formula is C11H18N3O. The summed E-state index contributed by atoms with van der Waals surface area (Å²) >= 11 is 0. The first-order valence-corrected chi connectivity index (χ1v) is 5.36. The molecule has 1 heterocycles. The Balaban J connectivity index is 2.43. The zero-order valence-electron chi connectivity index (χ0n) is 9.66. The van der Waals surface area contributed by atoms with Gasteiger partial charge in [-0.1, -0.05) is 0 Å². The highest BCUT2D eigenvalue weighted by Gasteiger charge is 2.09. The lowest BCUT2D eigenvalue weighted by atomic mass is 10.3. The van der Waals surface area contributed by atoms with Crippen LogP contribution in [0.4, 0.5) is 0 Å². The molecule has 0 fully saturated rings. The fourth-order valence-electron chi connectivity index (χ4n) is 1.53. The van der Waals surface area contributed by atoms with Crippen LogP contribution in [-0.4, -0.2) is 33.4 Å². The summed E-state index contributed by atoms with van der Waals surface area (Å²) in [7, 11) is 0. The lowest BCUT2D eigenvalue weighted by Crippen LogP contribution is -2.31. The molecule has 0 aliphatic carbocycles. The lowest BCUT2D eigenvalue weighted by Gasteiger charge is -2.18. The van der Waals surface area contributed by atoms with Gasteiger partial charge in [-0.15, -0.1) is 0 Å². The summed E-state index contributed by atoms with van der Waals surface area (Å²) in [4.78, 5) is 17.5. The number of nitrogens with zero attached hydrogens (tertiary/aromatic N) is 3. The molecule has 4 heteroatoms. The molecule has 15 heavy (non-hydrogen) atoms. The summed E-state index contributed by atoms with van der Waals surface area (Å²) in [5, 5.41) is 0. The molecule has 0 saturated heterocycles. The summed E-state index contributed by atoms with van der Waals surface area (Å²) in [5.74, 6) is 1.11. The van der Waals surface area contributed by atoms with Crippen LogP contribution >= 0.6 is 0 Å². The smallest absolute Gasteiger partial charge is 0.224 e. The highest BCUT2D eigenvalue weighted by atomic mass is 16.2. The van der Waals surface area contributed by atoms with Crippen molar-refractivity contribution in [2.45, 2.75) is 33.7 Å². The first kappa shape index (κ1) is 11.8. The molecule has 0 aliphatic heterocycles. The zero-order chi connectivity index (χ0) is 11.3. The third-order valence-corrected chi connectivity index (χ3v) is 2.54. The van der Waals surface area contributed by atoms with Gasteiger partial charge in [0.05, 0.1) is 0 Å². The van der Waals surface area contributed by atoms with Crippen molar-refractivity contribution in [2.75, 3.05) is 13.1 Å². The number of carbonyl (C=O) groups excluding carboxylic acids is 1. The minimum absolute atomic E-state index is 0.202. The van der Waals surface area contributed by atoms with Gasteiger partial charge in [0.1, 0.15) is 12.0 Å². The van der Waals surface area contributed by atoms with Crippen molar-refractivity contribution in [1.29, 1.82) is 0 Å². The van der Waals surface area contributed by atoms with Crippen molar-refractivity contribution in [2.24, 2.45) is 0 Å². The second-order valence-corrected chi connectivity index (χ2v) is 3.43. The minimum atomic E-state index is 0.202. The van der Waals surface area contributed by atoms with Crippen molar-refractivity contribution in [3.63, 3.8) is 0 Å². The highest BCUT2D eigenvalue weighted by Crippen LogP contribution is 2.00. The predicted molar refractivity (Wildman–Crippen MR) is 58.3 cm³/mol. The Bertz CT molecular complexity index is 315. The van der Waals surface area contributed by atoms with Crippen LogP contribution in [-0.2, 0) is 11.3 Å². The van der Waals surface area contributed by atoms with Crippen LogP contribution in [0, 0.1) is 13.1 Å². The van der Waals surface area contributed by atoms with E-state index in [2.05, 4.69) is 11.2 Å². The van der Waals surface area contributed by atoms with Gasteiger partial charge in [-0.25, -0.2) is 4.98 Å². The monoisotopic (exact) mass is 208 g/mol. The molecule has 1 amide bonds. The van der Waals surface area contributed by atoms with Crippen molar-refractivity contribution in [3.8, 4) is 0 Å². The molecule has 0 N–H and O–H groups in total. The van der Waals surface area contributed by atoms with Gasteiger partial charge in [-0.2, -0.15) is 0 Å². The number of amides is 1. The highest BCUT2D eigenvalue weighted by molar-refractivity contribution is 5.76. The van der Waals surface area contributed by atoms with Crippen LogP contribution in [0.1, 0.15) is 26.1 Å².